The van der Waals surface area contributed by atoms with Crippen molar-refractivity contribution >= 4 is 11.9 Å². The molecule has 1 rings (SSSR count). The molecule has 6 heteroatoms. The number of carbonyl (C=O) groups excluding carboxylic acids is 2. The molecule has 0 aliphatic carbocycles. The molecule has 2 atom stereocenters. The molecule has 1 aliphatic rings. The van der Waals surface area contributed by atoms with Gasteiger partial charge in [0.15, 0.2) is 5.60 Å². The summed E-state index contributed by atoms with van der Waals surface area (Å²) in [6.45, 7) is 4.36. The maximum atomic E-state index is 11.4. The Labute approximate surface area is 94.6 Å². The van der Waals surface area contributed by atoms with Gasteiger partial charge in [-0.05, 0) is 13.8 Å². The minimum Gasteiger partial charge on any atom is -0.467 e. The van der Waals surface area contributed by atoms with E-state index in [4.69, 9.17) is 0 Å². The molecule has 0 aromatic rings. The van der Waals surface area contributed by atoms with Gasteiger partial charge >= 0.3 is 5.97 Å². The number of piperazine rings is 1. The summed E-state index contributed by atoms with van der Waals surface area (Å²) in [5, 5.41) is 12.6. The van der Waals surface area contributed by atoms with Crippen LogP contribution in [0.25, 0.3) is 0 Å². The van der Waals surface area contributed by atoms with Crippen molar-refractivity contribution in [2.24, 2.45) is 0 Å². The van der Waals surface area contributed by atoms with Crippen LogP contribution in [-0.2, 0) is 14.3 Å². The van der Waals surface area contributed by atoms with E-state index in [1.54, 1.807) is 11.8 Å². The molecule has 16 heavy (non-hydrogen) atoms. The number of hydrogen-bond donors (Lipinski definition) is 2. The number of esters is 1. The second kappa shape index (κ2) is 4.80. The molecular formula is C10H18N2O4. The molecule has 2 unspecified atom stereocenters. The van der Waals surface area contributed by atoms with Crippen LogP contribution >= 0.6 is 0 Å². The number of amides is 1. The molecule has 6 nitrogen and oxygen atoms in total. The largest absolute Gasteiger partial charge is 0.467 e. The first-order valence-corrected chi connectivity index (χ1v) is 5.21. The van der Waals surface area contributed by atoms with Crippen LogP contribution in [0.5, 0.6) is 0 Å². The summed E-state index contributed by atoms with van der Waals surface area (Å²) in [5.74, 6) is -0.780. The third kappa shape index (κ3) is 2.70. The van der Waals surface area contributed by atoms with E-state index in [1.807, 2.05) is 0 Å². The summed E-state index contributed by atoms with van der Waals surface area (Å²) >= 11 is 0. The normalized spacial score (nSPS) is 25.8. The van der Waals surface area contributed by atoms with Gasteiger partial charge in [-0.25, -0.2) is 4.79 Å². The maximum Gasteiger partial charge on any atom is 0.338 e. The first-order chi connectivity index (χ1) is 7.38. The van der Waals surface area contributed by atoms with Crippen molar-refractivity contribution in [2.75, 3.05) is 26.7 Å². The Bertz CT molecular complexity index is 291. The van der Waals surface area contributed by atoms with Crippen LogP contribution in [0, 0.1) is 0 Å². The lowest BCUT2D eigenvalue weighted by atomic mass is 10.0. The number of methoxy groups -OCH3 is 1. The summed E-state index contributed by atoms with van der Waals surface area (Å²) in [6, 6.07) is -0.343. The molecule has 1 amide bonds. The SMILES string of the molecule is COC(=O)C(C)(O)CN1CCNC(=O)C1C. The Balaban J connectivity index is 2.65. The Kier molecular flexibility index (Phi) is 3.88. The average molecular weight is 230 g/mol. The Morgan fingerprint density at radius 2 is 2.38 bits per heavy atom. The van der Waals surface area contributed by atoms with Crippen LogP contribution in [0.3, 0.4) is 0 Å². The van der Waals surface area contributed by atoms with Crippen molar-refractivity contribution in [3.05, 3.63) is 0 Å². The molecule has 2 N–H and O–H groups in total. The van der Waals surface area contributed by atoms with Gasteiger partial charge in [0.2, 0.25) is 5.91 Å². The highest BCUT2D eigenvalue weighted by Crippen LogP contribution is 2.13. The summed E-state index contributed by atoms with van der Waals surface area (Å²) in [6.07, 6.45) is 0. The van der Waals surface area contributed by atoms with Gasteiger partial charge in [0.25, 0.3) is 0 Å². The number of carbonyl (C=O) groups is 2. The quantitative estimate of drug-likeness (QED) is 0.591. The highest BCUT2D eigenvalue weighted by Gasteiger charge is 2.37. The summed E-state index contributed by atoms with van der Waals surface area (Å²) in [7, 11) is 1.23. The van der Waals surface area contributed by atoms with E-state index in [-0.39, 0.29) is 18.5 Å². The van der Waals surface area contributed by atoms with E-state index < -0.39 is 11.6 Å². The summed E-state index contributed by atoms with van der Waals surface area (Å²) in [4.78, 5) is 24.4. The van der Waals surface area contributed by atoms with Gasteiger partial charge in [0, 0.05) is 19.6 Å². The highest BCUT2D eigenvalue weighted by atomic mass is 16.5. The first-order valence-electron chi connectivity index (χ1n) is 5.21. The zero-order valence-electron chi connectivity index (χ0n) is 9.82. The fourth-order valence-corrected chi connectivity index (χ4v) is 1.73. The first kappa shape index (κ1) is 12.9. The molecule has 1 saturated heterocycles. The third-order valence-corrected chi connectivity index (χ3v) is 2.76. The van der Waals surface area contributed by atoms with Gasteiger partial charge in [-0.3, -0.25) is 9.69 Å². The topological polar surface area (TPSA) is 78.9 Å². The van der Waals surface area contributed by atoms with E-state index >= 15 is 0 Å². The molecular weight excluding hydrogens is 212 g/mol. The second-order valence-corrected chi connectivity index (χ2v) is 4.20. The zero-order valence-corrected chi connectivity index (χ0v) is 9.82. The number of nitrogens with zero attached hydrogens (tertiary/aromatic N) is 1. The molecule has 0 saturated carbocycles. The van der Waals surface area contributed by atoms with Crippen molar-refractivity contribution in [1.29, 1.82) is 0 Å². The lowest BCUT2D eigenvalue weighted by Crippen LogP contribution is -2.59. The third-order valence-electron chi connectivity index (χ3n) is 2.76. The molecule has 0 spiro atoms. The van der Waals surface area contributed by atoms with Gasteiger partial charge in [-0.2, -0.15) is 0 Å². The monoisotopic (exact) mass is 230 g/mol. The van der Waals surface area contributed by atoms with E-state index in [9.17, 15) is 14.7 Å². The summed E-state index contributed by atoms with van der Waals surface area (Å²) < 4.78 is 4.50. The van der Waals surface area contributed by atoms with Gasteiger partial charge in [0.05, 0.1) is 13.2 Å². The van der Waals surface area contributed by atoms with Crippen LogP contribution in [0.2, 0.25) is 0 Å². The van der Waals surface area contributed by atoms with Crippen LogP contribution in [0.4, 0.5) is 0 Å². The standard InChI is InChI=1S/C10H18N2O4/c1-7-8(13)11-4-5-12(7)6-10(2,15)9(14)16-3/h7,15H,4-6H2,1-3H3,(H,11,13). The van der Waals surface area contributed by atoms with Crippen LogP contribution in [0.15, 0.2) is 0 Å². The second-order valence-electron chi connectivity index (χ2n) is 4.20. The zero-order chi connectivity index (χ0) is 12.3. The Morgan fingerprint density at radius 3 is 2.94 bits per heavy atom. The Hall–Kier alpha value is -1.14. The molecule has 92 valence electrons. The van der Waals surface area contributed by atoms with Crippen molar-refractivity contribution in [2.45, 2.75) is 25.5 Å². The number of hydrogen-bond acceptors (Lipinski definition) is 5. The number of ether oxygens (including phenoxy) is 1. The fourth-order valence-electron chi connectivity index (χ4n) is 1.73. The van der Waals surface area contributed by atoms with E-state index in [1.165, 1.54) is 14.0 Å². The molecule has 1 fully saturated rings. The lowest BCUT2D eigenvalue weighted by Gasteiger charge is -2.36. The highest BCUT2D eigenvalue weighted by molar-refractivity contribution is 5.82. The molecule has 1 aliphatic heterocycles. The van der Waals surface area contributed by atoms with Gasteiger partial charge in [-0.15, -0.1) is 0 Å². The molecule has 0 aromatic carbocycles. The van der Waals surface area contributed by atoms with Crippen LogP contribution in [0.1, 0.15) is 13.8 Å². The summed E-state index contributed by atoms with van der Waals surface area (Å²) in [5.41, 5.74) is -1.58. The van der Waals surface area contributed by atoms with Gasteiger partial charge in [-0.1, -0.05) is 0 Å². The lowest BCUT2D eigenvalue weighted by molar-refractivity contribution is -0.163. The molecule has 0 aromatic heterocycles. The number of nitrogens with one attached hydrogen (secondary N) is 1. The molecule has 1 heterocycles. The van der Waals surface area contributed by atoms with E-state index in [0.29, 0.717) is 13.1 Å². The number of rotatable bonds is 3. The van der Waals surface area contributed by atoms with Crippen molar-refractivity contribution in [1.82, 2.24) is 10.2 Å². The van der Waals surface area contributed by atoms with Gasteiger partial charge in [0.1, 0.15) is 0 Å². The van der Waals surface area contributed by atoms with Crippen LogP contribution < -0.4 is 5.32 Å². The van der Waals surface area contributed by atoms with Crippen molar-refractivity contribution < 1.29 is 19.4 Å². The minimum atomic E-state index is -1.58. The van der Waals surface area contributed by atoms with E-state index in [0.717, 1.165) is 0 Å². The van der Waals surface area contributed by atoms with Crippen molar-refractivity contribution in [3.63, 3.8) is 0 Å². The number of β-amino-alcohol motifs (C(OH)–C–C–N with tert-alkyl or cyclic N) is 1. The number of aliphatic hydroxyl groups is 1. The molecule has 0 bridgehead atoms. The maximum absolute atomic E-state index is 11.4. The fraction of sp³-hybridized carbons (Fsp3) is 0.800. The smallest absolute Gasteiger partial charge is 0.338 e. The predicted molar refractivity (Wildman–Crippen MR) is 56.7 cm³/mol. The Morgan fingerprint density at radius 1 is 1.75 bits per heavy atom. The minimum absolute atomic E-state index is 0.0908. The molecule has 0 radical (unpaired) electrons. The van der Waals surface area contributed by atoms with E-state index in [2.05, 4.69) is 10.1 Å². The van der Waals surface area contributed by atoms with Crippen LogP contribution in [-0.4, -0.2) is 60.3 Å². The average Bonchev–Trinajstić information content (AvgIpc) is 2.23. The van der Waals surface area contributed by atoms with Crippen molar-refractivity contribution in [3.8, 4) is 0 Å². The van der Waals surface area contributed by atoms with Gasteiger partial charge < -0.3 is 15.2 Å². The predicted octanol–water partition coefficient (Wildman–Crippen LogP) is -1.27.